The molecule has 0 spiro atoms. The van der Waals surface area contributed by atoms with E-state index in [9.17, 15) is 0 Å². The van der Waals surface area contributed by atoms with Crippen molar-refractivity contribution in [2.75, 3.05) is 0 Å². The average Bonchev–Trinajstić information content (AvgIpc) is 2.11. The van der Waals surface area contributed by atoms with Gasteiger partial charge >= 0.3 is 0 Å². The zero-order chi connectivity index (χ0) is 10.3. The van der Waals surface area contributed by atoms with Gasteiger partial charge in [-0.1, -0.05) is 59.1 Å². The summed E-state index contributed by atoms with van der Waals surface area (Å²) in [6.45, 7) is 11.5. The quantitative estimate of drug-likeness (QED) is 0.517. The minimum Gasteiger partial charge on any atom is -0.0822 e. The largest absolute Gasteiger partial charge is 0.0822 e. The molecule has 0 aliphatic carbocycles. The fourth-order valence-electron chi connectivity index (χ4n) is 1.43. The van der Waals surface area contributed by atoms with Gasteiger partial charge in [0.1, 0.15) is 0 Å². The molecule has 0 aliphatic rings. The smallest absolute Gasteiger partial charge is 0.0260 e. The highest BCUT2D eigenvalue weighted by atomic mass is 14.1. The summed E-state index contributed by atoms with van der Waals surface area (Å²) in [5, 5.41) is 0. The molecule has 0 saturated heterocycles. The lowest BCUT2D eigenvalue weighted by Gasteiger charge is -2.13. The monoisotopic (exact) mass is 182 g/mol. The number of hydrogen-bond donors (Lipinski definition) is 0. The van der Waals surface area contributed by atoms with Crippen LogP contribution in [0.5, 0.6) is 0 Å². The van der Waals surface area contributed by atoms with Crippen molar-refractivity contribution in [1.82, 2.24) is 0 Å². The summed E-state index contributed by atoms with van der Waals surface area (Å²) < 4.78 is 0. The first kappa shape index (κ1) is 12.7. The third-order valence-corrected chi connectivity index (χ3v) is 2.70. The molecule has 0 aliphatic heterocycles. The van der Waals surface area contributed by atoms with Crippen molar-refractivity contribution >= 4 is 0 Å². The fourth-order valence-corrected chi connectivity index (χ4v) is 1.43. The summed E-state index contributed by atoms with van der Waals surface area (Å²) in [5.41, 5.74) is 1.66. The highest BCUT2D eigenvalue weighted by Crippen LogP contribution is 2.20. The maximum Gasteiger partial charge on any atom is -0.0260 e. The van der Waals surface area contributed by atoms with E-state index in [0.717, 1.165) is 11.8 Å². The second kappa shape index (κ2) is 7.17. The van der Waals surface area contributed by atoms with E-state index in [1.807, 2.05) is 0 Å². The van der Waals surface area contributed by atoms with Gasteiger partial charge in [-0.3, -0.25) is 0 Å². The molecule has 0 amide bonds. The number of hydrogen-bond acceptors (Lipinski definition) is 0. The van der Waals surface area contributed by atoms with Crippen molar-refractivity contribution in [3.63, 3.8) is 0 Å². The molecule has 0 heteroatoms. The zero-order valence-electron chi connectivity index (χ0n) is 10.1. The first-order valence-electron chi connectivity index (χ1n) is 5.82. The van der Waals surface area contributed by atoms with Gasteiger partial charge in [0.05, 0.1) is 0 Å². The van der Waals surface area contributed by atoms with E-state index in [0.29, 0.717) is 0 Å². The van der Waals surface area contributed by atoms with E-state index >= 15 is 0 Å². The van der Waals surface area contributed by atoms with Crippen LogP contribution in [0.25, 0.3) is 0 Å². The lowest BCUT2D eigenvalue weighted by Crippen LogP contribution is -1.98. The van der Waals surface area contributed by atoms with Crippen LogP contribution in [0, 0.1) is 11.8 Å². The molecule has 0 aromatic rings. The summed E-state index contributed by atoms with van der Waals surface area (Å²) in [6, 6.07) is 0. The van der Waals surface area contributed by atoms with Gasteiger partial charge in [0.25, 0.3) is 0 Å². The lowest BCUT2D eigenvalue weighted by molar-refractivity contribution is 0.630. The predicted molar refractivity (Wildman–Crippen MR) is 61.9 cm³/mol. The van der Waals surface area contributed by atoms with Gasteiger partial charge in [0.2, 0.25) is 0 Å². The summed E-state index contributed by atoms with van der Waals surface area (Å²) in [5.74, 6) is 1.50. The van der Waals surface area contributed by atoms with E-state index in [4.69, 9.17) is 0 Å². The number of unbranched alkanes of at least 4 members (excludes halogenated alkanes) is 1. The summed E-state index contributed by atoms with van der Waals surface area (Å²) >= 11 is 0. The summed E-state index contributed by atoms with van der Waals surface area (Å²) in [4.78, 5) is 0. The van der Waals surface area contributed by atoms with Gasteiger partial charge in [-0.25, -0.2) is 0 Å². The Balaban J connectivity index is 4.14. The molecule has 13 heavy (non-hydrogen) atoms. The normalized spacial score (nSPS) is 15.1. The maximum absolute atomic E-state index is 2.49. The van der Waals surface area contributed by atoms with Crippen LogP contribution < -0.4 is 0 Å². The van der Waals surface area contributed by atoms with Crippen LogP contribution in [0.1, 0.15) is 60.3 Å². The van der Waals surface area contributed by atoms with Gasteiger partial charge in [0, 0.05) is 0 Å². The molecule has 0 heterocycles. The van der Waals surface area contributed by atoms with Crippen molar-refractivity contribution in [2.45, 2.75) is 60.3 Å². The molecule has 1 atom stereocenters. The van der Waals surface area contributed by atoms with Crippen molar-refractivity contribution in [3.05, 3.63) is 11.6 Å². The molecule has 0 nitrogen and oxygen atoms in total. The zero-order valence-corrected chi connectivity index (χ0v) is 10.1. The second-order valence-electron chi connectivity index (χ2n) is 4.39. The Morgan fingerprint density at radius 2 is 1.77 bits per heavy atom. The minimum absolute atomic E-state index is 0.737. The van der Waals surface area contributed by atoms with Gasteiger partial charge in [-0.15, -0.1) is 0 Å². The van der Waals surface area contributed by atoms with E-state index in [1.165, 1.54) is 25.7 Å². The van der Waals surface area contributed by atoms with Gasteiger partial charge < -0.3 is 0 Å². The molecule has 78 valence electrons. The SMILES string of the molecule is CCCCC(=CC(C)CC)C(C)C. The van der Waals surface area contributed by atoms with E-state index in [2.05, 4.69) is 40.7 Å². The third kappa shape index (κ3) is 5.90. The van der Waals surface area contributed by atoms with Crippen molar-refractivity contribution in [2.24, 2.45) is 11.8 Å². The lowest BCUT2D eigenvalue weighted by atomic mass is 9.93. The highest BCUT2D eigenvalue weighted by molar-refractivity contribution is 5.06. The molecule has 0 bridgehead atoms. The van der Waals surface area contributed by atoms with E-state index in [-0.39, 0.29) is 0 Å². The molecular weight excluding hydrogens is 156 g/mol. The number of rotatable bonds is 6. The molecule has 0 rings (SSSR count). The van der Waals surface area contributed by atoms with Crippen molar-refractivity contribution in [3.8, 4) is 0 Å². The second-order valence-corrected chi connectivity index (χ2v) is 4.39. The molecule has 0 aromatic heterocycles. The molecule has 0 aromatic carbocycles. The van der Waals surface area contributed by atoms with Crippen LogP contribution in [0.3, 0.4) is 0 Å². The number of allylic oxidation sites excluding steroid dienone is 2. The Hall–Kier alpha value is -0.260. The molecular formula is C13H26. The van der Waals surface area contributed by atoms with Crippen LogP contribution in [0.2, 0.25) is 0 Å². The van der Waals surface area contributed by atoms with Gasteiger partial charge in [-0.2, -0.15) is 0 Å². The van der Waals surface area contributed by atoms with Gasteiger partial charge in [0.15, 0.2) is 0 Å². The molecule has 0 fully saturated rings. The molecule has 0 N–H and O–H groups in total. The van der Waals surface area contributed by atoms with Crippen molar-refractivity contribution in [1.29, 1.82) is 0 Å². The van der Waals surface area contributed by atoms with Crippen LogP contribution in [0.4, 0.5) is 0 Å². The molecule has 0 radical (unpaired) electrons. The van der Waals surface area contributed by atoms with Crippen LogP contribution in [0.15, 0.2) is 11.6 Å². The molecule has 0 saturated carbocycles. The first-order chi connectivity index (χ1) is 6.11. The topological polar surface area (TPSA) is 0 Å². The summed E-state index contributed by atoms with van der Waals surface area (Å²) in [6.07, 6.45) is 7.71. The van der Waals surface area contributed by atoms with Gasteiger partial charge in [-0.05, 0) is 24.7 Å². The summed E-state index contributed by atoms with van der Waals surface area (Å²) in [7, 11) is 0. The van der Waals surface area contributed by atoms with Crippen LogP contribution >= 0.6 is 0 Å². The van der Waals surface area contributed by atoms with Crippen molar-refractivity contribution < 1.29 is 0 Å². The fraction of sp³-hybridized carbons (Fsp3) is 0.846. The predicted octanol–water partition coefficient (Wildman–Crippen LogP) is 4.81. The van der Waals surface area contributed by atoms with E-state index < -0.39 is 0 Å². The maximum atomic E-state index is 2.49. The van der Waals surface area contributed by atoms with Crippen LogP contribution in [-0.4, -0.2) is 0 Å². The Kier molecular flexibility index (Phi) is 7.03. The Labute approximate surface area is 84.4 Å². The third-order valence-electron chi connectivity index (χ3n) is 2.70. The standard InChI is InChI=1S/C13H26/c1-6-8-9-13(11(3)4)10-12(5)7-2/h10-12H,6-9H2,1-5H3. The Morgan fingerprint density at radius 1 is 1.15 bits per heavy atom. The average molecular weight is 182 g/mol. The first-order valence-corrected chi connectivity index (χ1v) is 5.82. The van der Waals surface area contributed by atoms with Crippen LogP contribution in [-0.2, 0) is 0 Å². The van der Waals surface area contributed by atoms with E-state index in [1.54, 1.807) is 5.57 Å². The highest BCUT2D eigenvalue weighted by Gasteiger charge is 2.04. The Morgan fingerprint density at radius 3 is 2.15 bits per heavy atom. The molecule has 1 unspecified atom stereocenters. The minimum atomic E-state index is 0.737. The Bertz CT molecular complexity index is 142.